The van der Waals surface area contributed by atoms with Gasteiger partial charge in [0.2, 0.25) is 0 Å². The number of aryl methyl sites for hydroxylation is 1. The molecule has 4 bridgehead atoms. The van der Waals surface area contributed by atoms with Crippen LogP contribution in [-0.2, 0) is 25.9 Å². The van der Waals surface area contributed by atoms with Crippen molar-refractivity contribution in [2.45, 2.75) is 70.5 Å². The van der Waals surface area contributed by atoms with Crippen molar-refractivity contribution in [2.24, 2.45) is 0 Å². The molecule has 1 aromatic carbocycles. The van der Waals surface area contributed by atoms with Crippen LogP contribution in [0.2, 0.25) is 0 Å². The third kappa shape index (κ3) is 3.46. The number of nitrogens with two attached hydrogens (primary N) is 1. The molecular formula is C24H30N6O2. The number of imidazole rings is 1. The minimum Gasteiger partial charge on any atom is -0.463 e. The fraction of sp³-hybridized carbons (Fsp3) is 0.542. The zero-order chi connectivity index (χ0) is 21.7. The zero-order valence-electron chi connectivity index (χ0n) is 18.4. The van der Waals surface area contributed by atoms with Crippen LogP contribution in [-0.4, -0.2) is 43.6 Å². The zero-order valence-corrected chi connectivity index (χ0v) is 18.4. The molecule has 3 aromatic rings. The predicted octanol–water partition coefficient (Wildman–Crippen LogP) is 2.77. The summed E-state index contributed by atoms with van der Waals surface area (Å²) in [5.41, 5.74) is 12.4. The standard InChI is InChI=1S/C24H30N6O2/c25-21-20-22-28-23(27-21)32-10-3-1-2-5-16-11-15(13-30(22)24(31)26-20)12-17-14-29(9-8-19(16)17)18-6-4-7-18/h11-12,18H,1-10,13-14H2,(H,26,31)(H2,25,27,28). The number of anilines is 1. The van der Waals surface area contributed by atoms with Crippen LogP contribution in [0.1, 0.15) is 60.8 Å². The Bertz CT molecular complexity index is 1230. The number of nitrogen functional groups attached to an aromatic ring is 1. The van der Waals surface area contributed by atoms with Crippen molar-refractivity contribution in [3.8, 4) is 6.01 Å². The Morgan fingerprint density at radius 2 is 1.91 bits per heavy atom. The maximum Gasteiger partial charge on any atom is 0.328 e. The monoisotopic (exact) mass is 434 g/mol. The Hall–Kier alpha value is -2.87. The fourth-order valence-electron chi connectivity index (χ4n) is 5.45. The topological polar surface area (TPSA) is 102 Å². The second-order valence-electron chi connectivity index (χ2n) is 9.46. The second kappa shape index (κ2) is 7.92. The van der Waals surface area contributed by atoms with E-state index in [1.807, 2.05) is 0 Å². The van der Waals surface area contributed by atoms with Gasteiger partial charge < -0.3 is 15.5 Å². The summed E-state index contributed by atoms with van der Waals surface area (Å²) in [6.45, 7) is 3.20. The number of hydrogen-bond donors (Lipinski definition) is 2. The van der Waals surface area contributed by atoms with Crippen LogP contribution in [0, 0.1) is 0 Å². The molecule has 1 aliphatic carbocycles. The molecule has 0 unspecified atom stereocenters. The van der Waals surface area contributed by atoms with Crippen LogP contribution >= 0.6 is 0 Å². The van der Waals surface area contributed by atoms with Crippen molar-refractivity contribution < 1.29 is 4.74 Å². The van der Waals surface area contributed by atoms with Crippen molar-refractivity contribution in [1.82, 2.24) is 24.4 Å². The highest BCUT2D eigenvalue weighted by Crippen LogP contribution is 2.32. The van der Waals surface area contributed by atoms with E-state index in [-0.39, 0.29) is 17.5 Å². The summed E-state index contributed by atoms with van der Waals surface area (Å²) < 4.78 is 7.41. The van der Waals surface area contributed by atoms with Crippen LogP contribution < -0.4 is 16.2 Å². The molecule has 0 amide bonds. The summed E-state index contributed by atoms with van der Waals surface area (Å²) >= 11 is 0. The van der Waals surface area contributed by atoms with Gasteiger partial charge in [0.15, 0.2) is 11.5 Å². The number of H-pyrrole nitrogens is 1. The smallest absolute Gasteiger partial charge is 0.328 e. The van der Waals surface area contributed by atoms with Gasteiger partial charge in [0.1, 0.15) is 5.52 Å². The maximum absolute atomic E-state index is 12.8. The van der Waals surface area contributed by atoms with E-state index in [9.17, 15) is 4.79 Å². The van der Waals surface area contributed by atoms with Crippen LogP contribution in [0.5, 0.6) is 6.01 Å². The van der Waals surface area contributed by atoms with Gasteiger partial charge >= 0.3 is 11.7 Å². The first kappa shape index (κ1) is 19.8. The highest BCUT2D eigenvalue weighted by molar-refractivity contribution is 5.82. The average molecular weight is 435 g/mol. The lowest BCUT2D eigenvalue weighted by atomic mass is 9.86. The lowest BCUT2D eigenvalue weighted by Gasteiger charge is -2.41. The molecule has 1 saturated carbocycles. The Labute approximate surface area is 186 Å². The quantitative estimate of drug-likeness (QED) is 0.611. The Morgan fingerprint density at radius 3 is 2.75 bits per heavy atom. The molecule has 8 heteroatoms. The molecule has 6 rings (SSSR count). The number of hydrogen-bond acceptors (Lipinski definition) is 6. The summed E-state index contributed by atoms with van der Waals surface area (Å²) in [7, 11) is 0. The van der Waals surface area contributed by atoms with E-state index < -0.39 is 0 Å². The predicted molar refractivity (Wildman–Crippen MR) is 123 cm³/mol. The lowest BCUT2D eigenvalue weighted by Crippen LogP contribution is -2.43. The van der Waals surface area contributed by atoms with Gasteiger partial charge in [0.25, 0.3) is 0 Å². The number of fused-ring (bicyclic) bond motifs is 5. The number of rotatable bonds is 1. The van der Waals surface area contributed by atoms with Gasteiger partial charge in [-0.3, -0.25) is 9.47 Å². The number of nitrogens with one attached hydrogen (secondary N) is 1. The Balaban J connectivity index is 1.44. The molecule has 0 radical (unpaired) electrons. The van der Waals surface area contributed by atoms with E-state index in [2.05, 4.69) is 32.0 Å². The van der Waals surface area contributed by atoms with Gasteiger partial charge in [-0.25, -0.2) is 4.79 Å². The van der Waals surface area contributed by atoms with Gasteiger partial charge in [-0.2, -0.15) is 9.97 Å². The minimum atomic E-state index is -0.222. The number of nitrogens with zero attached hydrogens (tertiary/aromatic N) is 4. The Morgan fingerprint density at radius 1 is 1.03 bits per heavy atom. The van der Waals surface area contributed by atoms with Gasteiger partial charge in [0.05, 0.1) is 13.2 Å². The highest BCUT2D eigenvalue weighted by atomic mass is 16.5. The molecule has 2 aliphatic heterocycles. The van der Waals surface area contributed by atoms with E-state index in [1.54, 1.807) is 4.57 Å². The molecule has 0 spiro atoms. The van der Waals surface area contributed by atoms with Crippen molar-refractivity contribution in [2.75, 3.05) is 18.9 Å². The van der Waals surface area contributed by atoms with Crippen LogP contribution in [0.4, 0.5) is 5.82 Å². The number of ether oxygens (including phenoxy) is 1. The largest absolute Gasteiger partial charge is 0.463 e. The molecule has 168 valence electrons. The van der Waals surface area contributed by atoms with Crippen molar-refractivity contribution in [3.63, 3.8) is 0 Å². The van der Waals surface area contributed by atoms with Crippen LogP contribution in [0.15, 0.2) is 16.9 Å². The molecule has 8 nitrogen and oxygen atoms in total. The molecule has 0 saturated heterocycles. The van der Waals surface area contributed by atoms with Crippen LogP contribution in [0.25, 0.3) is 11.2 Å². The Kier molecular flexibility index (Phi) is 4.90. The van der Waals surface area contributed by atoms with Gasteiger partial charge in [-0.05, 0) is 67.2 Å². The minimum absolute atomic E-state index is 0.222. The molecular weight excluding hydrogens is 404 g/mol. The molecule has 0 atom stereocenters. The van der Waals surface area contributed by atoms with Crippen molar-refractivity contribution in [1.29, 1.82) is 0 Å². The summed E-state index contributed by atoms with van der Waals surface area (Å²) in [4.78, 5) is 27.0. The maximum atomic E-state index is 12.8. The van der Waals surface area contributed by atoms with Crippen molar-refractivity contribution in [3.05, 3.63) is 44.9 Å². The molecule has 2 aromatic heterocycles. The molecule has 3 N–H and O–H groups in total. The third-order valence-electron chi connectivity index (χ3n) is 7.40. The van der Waals surface area contributed by atoms with Crippen molar-refractivity contribution >= 4 is 17.0 Å². The number of benzene rings is 1. The normalized spacial score (nSPS) is 19.9. The lowest BCUT2D eigenvalue weighted by molar-refractivity contribution is 0.113. The van der Waals surface area contributed by atoms with Crippen LogP contribution in [0.3, 0.4) is 0 Å². The third-order valence-corrected chi connectivity index (χ3v) is 7.40. The van der Waals surface area contributed by atoms with Gasteiger partial charge in [0, 0.05) is 19.1 Å². The second-order valence-corrected chi connectivity index (χ2v) is 9.46. The molecule has 32 heavy (non-hydrogen) atoms. The summed E-state index contributed by atoms with van der Waals surface area (Å²) in [6.07, 6.45) is 9.40. The number of aromatic nitrogens is 4. The molecule has 1 fully saturated rings. The van der Waals surface area contributed by atoms with E-state index in [0.717, 1.165) is 50.3 Å². The van der Waals surface area contributed by atoms with E-state index in [1.165, 1.54) is 42.5 Å². The SMILES string of the molecule is Nc1nc2nc3c1[nH]c(=O)n3Cc1cc(c3c(c1)CN(C1CCC1)CC3)CCCCCO2. The molecule has 3 aliphatic rings. The molecule has 4 heterocycles. The average Bonchev–Trinajstić information content (AvgIpc) is 3.04. The summed E-state index contributed by atoms with van der Waals surface area (Å²) in [6, 6.07) is 5.61. The first-order valence-electron chi connectivity index (χ1n) is 11.9. The first-order chi connectivity index (χ1) is 15.7. The number of aromatic amines is 1. The highest BCUT2D eigenvalue weighted by Gasteiger charge is 2.29. The fourth-order valence-corrected chi connectivity index (χ4v) is 5.45. The van der Waals surface area contributed by atoms with Gasteiger partial charge in [-0.1, -0.05) is 18.6 Å². The van der Waals surface area contributed by atoms with Gasteiger partial charge in [-0.15, -0.1) is 0 Å². The first-order valence-corrected chi connectivity index (χ1v) is 11.9. The summed E-state index contributed by atoms with van der Waals surface area (Å²) in [5.74, 6) is 0.246. The summed E-state index contributed by atoms with van der Waals surface area (Å²) in [5, 5.41) is 0. The van der Waals surface area contributed by atoms with E-state index in [4.69, 9.17) is 10.5 Å². The van der Waals surface area contributed by atoms with E-state index >= 15 is 0 Å². The van der Waals surface area contributed by atoms with E-state index in [0.29, 0.717) is 24.3 Å².